The number of carbonyl (C=O) groups excluding carboxylic acids is 2. The Morgan fingerprint density at radius 2 is 1.94 bits per heavy atom. The van der Waals surface area contributed by atoms with Crippen molar-refractivity contribution in [2.75, 3.05) is 18.0 Å². The third-order valence-electron chi connectivity index (χ3n) is 6.28. The summed E-state index contributed by atoms with van der Waals surface area (Å²) in [6, 6.07) is 2.92. The molecule has 3 aromatic rings. The summed E-state index contributed by atoms with van der Waals surface area (Å²) in [5, 5.41) is 10.2. The van der Waals surface area contributed by atoms with Crippen LogP contribution in [0.4, 0.5) is 10.5 Å². The Balaban J connectivity index is 1.53. The van der Waals surface area contributed by atoms with Crippen LogP contribution in [0.2, 0.25) is 0 Å². The summed E-state index contributed by atoms with van der Waals surface area (Å²) in [5.74, 6) is 0.249. The minimum absolute atomic E-state index is 0.0702. The van der Waals surface area contributed by atoms with E-state index in [0.29, 0.717) is 60.6 Å². The predicted octanol–water partition coefficient (Wildman–Crippen LogP) is 1.45. The highest BCUT2D eigenvalue weighted by Crippen LogP contribution is 2.35. The van der Waals surface area contributed by atoms with Gasteiger partial charge >= 0.3 is 6.03 Å². The lowest BCUT2D eigenvalue weighted by molar-refractivity contribution is -0.133. The van der Waals surface area contributed by atoms with Gasteiger partial charge in [-0.15, -0.1) is 0 Å². The summed E-state index contributed by atoms with van der Waals surface area (Å²) < 4.78 is 0. The average molecular weight is 460 g/mol. The van der Waals surface area contributed by atoms with E-state index in [9.17, 15) is 9.59 Å². The first-order chi connectivity index (χ1) is 16.5. The maximum absolute atomic E-state index is 13.1. The smallest absolute Gasteiger partial charge is 0.322 e. The van der Waals surface area contributed by atoms with Gasteiger partial charge in [-0.2, -0.15) is 0 Å². The van der Waals surface area contributed by atoms with Gasteiger partial charge in [0, 0.05) is 55.4 Å². The minimum Gasteiger partial charge on any atom is -0.341 e. The van der Waals surface area contributed by atoms with E-state index in [1.54, 1.807) is 35.3 Å². The lowest BCUT2D eigenvalue weighted by Gasteiger charge is -2.41. The average Bonchev–Trinajstić information content (AvgIpc) is 2.88. The standard InChI is InChI=1S/C23H25N9O2/c1-13(25)22(33)31-6-4-16(5-7-31)32-21-15(12-29-23(32)34)11-26-18-3-2-17(30-20(18)21)14-9-27-19(8-24)28-10-14/h2-3,8-11,13,16,24H,4-7,12,25H2,1H3,(H,29,34)/t13-/m0/s1. The third-order valence-corrected chi connectivity index (χ3v) is 6.28. The van der Waals surface area contributed by atoms with E-state index in [1.807, 2.05) is 12.1 Å². The van der Waals surface area contributed by atoms with Crippen molar-refractivity contribution in [3.05, 3.63) is 42.1 Å². The number of carbonyl (C=O) groups is 2. The van der Waals surface area contributed by atoms with E-state index in [4.69, 9.17) is 16.1 Å². The molecule has 2 aliphatic rings. The number of aromatic nitrogens is 4. The molecule has 0 unspecified atom stereocenters. The van der Waals surface area contributed by atoms with Crippen LogP contribution in [0.3, 0.4) is 0 Å². The van der Waals surface area contributed by atoms with E-state index in [0.717, 1.165) is 17.5 Å². The zero-order valence-corrected chi connectivity index (χ0v) is 18.7. The topological polar surface area (TPSA) is 154 Å². The Labute approximate surface area is 195 Å². The Kier molecular flexibility index (Phi) is 5.62. The summed E-state index contributed by atoms with van der Waals surface area (Å²) in [5.41, 5.74) is 10.1. The quantitative estimate of drug-likeness (QED) is 0.499. The molecule has 0 saturated carbocycles. The highest BCUT2D eigenvalue weighted by Gasteiger charge is 2.36. The van der Waals surface area contributed by atoms with Gasteiger partial charge in [0.25, 0.3) is 0 Å². The number of rotatable bonds is 4. The number of anilines is 1. The summed E-state index contributed by atoms with van der Waals surface area (Å²) in [7, 11) is 0. The van der Waals surface area contributed by atoms with Crippen LogP contribution in [0.15, 0.2) is 30.7 Å². The highest BCUT2D eigenvalue weighted by molar-refractivity contribution is 6.04. The number of nitrogens with one attached hydrogen (secondary N) is 2. The van der Waals surface area contributed by atoms with Crippen LogP contribution in [0.5, 0.6) is 0 Å². The van der Waals surface area contributed by atoms with Crippen LogP contribution in [-0.4, -0.2) is 68.2 Å². The fraction of sp³-hybridized carbons (Fsp3) is 0.348. The number of nitrogens with zero attached hydrogens (tertiary/aromatic N) is 6. The highest BCUT2D eigenvalue weighted by atomic mass is 16.2. The summed E-state index contributed by atoms with van der Waals surface area (Å²) >= 11 is 0. The lowest BCUT2D eigenvalue weighted by atomic mass is 9.99. The summed E-state index contributed by atoms with van der Waals surface area (Å²) in [6.45, 7) is 3.15. The van der Waals surface area contributed by atoms with Crippen LogP contribution in [-0.2, 0) is 11.3 Å². The van der Waals surface area contributed by atoms with Gasteiger partial charge in [0.05, 0.1) is 29.2 Å². The predicted molar refractivity (Wildman–Crippen MR) is 126 cm³/mol. The van der Waals surface area contributed by atoms with Crippen LogP contribution < -0.4 is 16.0 Å². The normalized spacial score (nSPS) is 17.3. The summed E-state index contributed by atoms with van der Waals surface area (Å²) in [4.78, 5) is 46.6. The van der Waals surface area contributed by atoms with E-state index in [1.165, 1.54) is 0 Å². The molecule has 1 fully saturated rings. The van der Waals surface area contributed by atoms with Crippen molar-refractivity contribution in [2.45, 2.75) is 38.4 Å². The summed E-state index contributed by atoms with van der Waals surface area (Å²) in [6.07, 6.45) is 7.41. The van der Waals surface area contributed by atoms with E-state index in [2.05, 4.69) is 20.3 Å². The van der Waals surface area contributed by atoms with Gasteiger partial charge < -0.3 is 21.4 Å². The van der Waals surface area contributed by atoms with E-state index < -0.39 is 6.04 Å². The fourth-order valence-corrected chi connectivity index (χ4v) is 4.53. The molecule has 174 valence electrons. The molecule has 5 rings (SSSR count). The van der Waals surface area contributed by atoms with Crippen LogP contribution in [0.1, 0.15) is 31.2 Å². The Morgan fingerprint density at radius 3 is 2.62 bits per heavy atom. The molecule has 0 aromatic carbocycles. The number of pyridine rings is 2. The molecule has 3 amide bonds. The number of likely N-dealkylation sites (tertiary alicyclic amines) is 1. The van der Waals surface area contributed by atoms with E-state index >= 15 is 0 Å². The van der Waals surface area contributed by atoms with Crippen LogP contribution >= 0.6 is 0 Å². The van der Waals surface area contributed by atoms with Gasteiger partial charge in [0.1, 0.15) is 5.52 Å². The minimum atomic E-state index is -0.537. The Bertz CT molecular complexity index is 1270. The van der Waals surface area contributed by atoms with Crippen LogP contribution in [0, 0.1) is 5.41 Å². The molecule has 1 atom stereocenters. The molecule has 2 aliphatic heterocycles. The van der Waals surface area contributed by atoms with Crippen LogP contribution in [0.25, 0.3) is 22.3 Å². The number of piperidine rings is 1. The molecule has 34 heavy (non-hydrogen) atoms. The van der Waals surface area contributed by atoms with Gasteiger partial charge in [0.2, 0.25) is 5.91 Å². The van der Waals surface area contributed by atoms with Crippen molar-refractivity contribution in [2.24, 2.45) is 5.73 Å². The van der Waals surface area contributed by atoms with Crippen molar-refractivity contribution in [1.82, 2.24) is 30.2 Å². The second kappa shape index (κ2) is 8.75. The lowest BCUT2D eigenvalue weighted by Crippen LogP contribution is -2.55. The molecule has 1 saturated heterocycles. The molecule has 0 spiro atoms. The molecule has 11 nitrogen and oxygen atoms in total. The molecule has 4 N–H and O–H groups in total. The molecule has 11 heteroatoms. The van der Waals surface area contributed by atoms with Gasteiger partial charge in [-0.1, -0.05) is 0 Å². The fourth-order valence-electron chi connectivity index (χ4n) is 4.53. The van der Waals surface area contributed by atoms with Gasteiger partial charge in [-0.3, -0.25) is 14.7 Å². The van der Waals surface area contributed by atoms with Gasteiger partial charge in [-0.25, -0.2) is 19.7 Å². The Hall–Kier alpha value is -3.99. The SMILES string of the molecule is C[C@H](N)C(=O)N1CCC(N2C(=O)NCc3cnc4ccc(-c5cnc(C=N)nc5)nc4c32)CC1. The number of nitrogens with two attached hydrogens (primary N) is 1. The number of hydrogen-bond donors (Lipinski definition) is 3. The number of urea groups is 1. The maximum atomic E-state index is 13.1. The number of fused-ring (bicyclic) bond motifs is 3. The zero-order chi connectivity index (χ0) is 23.8. The van der Waals surface area contributed by atoms with Crippen molar-refractivity contribution in [3.8, 4) is 11.3 Å². The first-order valence-corrected chi connectivity index (χ1v) is 11.2. The number of hydrogen-bond acceptors (Lipinski definition) is 8. The van der Waals surface area contributed by atoms with Crippen molar-refractivity contribution < 1.29 is 9.59 Å². The molecule has 0 bridgehead atoms. The number of amides is 3. The molecule has 0 radical (unpaired) electrons. The van der Waals surface area contributed by atoms with Crippen molar-refractivity contribution >= 4 is 34.9 Å². The zero-order valence-electron chi connectivity index (χ0n) is 18.7. The van der Waals surface area contributed by atoms with Crippen molar-refractivity contribution in [3.63, 3.8) is 0 Å². The third kappa shape index (κ3) is 3.83. The van der Waals surface area contributed by atoms with E-state index in [-0.39, 0.29) is 18.0 Å². The molecule has 3 aromatic heterocycles. The molecule has 0 aliphatic carbocycles. The Morgan fingerprint density at radius 1 is 1.21 bits per heavy atom. The second-order valence-electron chi connectivity index (χ2n) is 8.54. The first kappa shape index (κ1) is 21.8. The van der Waals surface area contributed by atoms with Gasteiger partial charge in [-0.05, 0) is 31.9 Å². The molecular formula is C23H25N9O2. The molecular weight excluding hydrogens is 434 g/mol. The second-order valence-corrected chi connectivity index (χ2v) is 8.54. The largest absolute Gasteiger partial charge is 0.341 e. The molecule has 5 heterocycles. The van der Waals surface area contributed by atoms with Crippen molar-refractivity contribution in [1.29, 1.82) is 5.41 Å². The van der Waals surface area contributed by atoms with Gasteiger partial charge in [0.15, 0.2) is 5.82 Å². The maximum Gasteiger partial charge on any atom is 0.322 e. The first-order valence-electron chi connectivity index (χ1n) is 11.2. The monoisotopic (exact) mass is 459 g/mol.